The number of carboxylic acid groups (broad SMARTS) is 1. The van der Waals surface area contributed by atoms with E-state index in [0.717, 1.165) is 4.90 Å². The Labute approximate surface area is 213 Å². The summed E-state index contributed by atoms with van der Waals surface area (Å²) in [5.41, 5.74) is -1.04. The summed E-state index contributed by atoms with van der Waals surface area (Å²) in [7, 11) is -4.07. The molecule has 3 heterocycles. The summed E-state index contributed by atoms with van der Waals surface area (Å²) in [4.78, 5) is 30.8. The summed E-state index contributed by atoms with van der Waals surface area (Å²) in [5.74, 6) is -2.56. The highest BCUT2D eigenvalue weighted by Crippen LogP contribution is 2.51. The van der Waals surface area contributed by atoms with E-state index < -0.39 is 44.2 Å². The third-order valence-electron chi connectivity index (χ3n) is 6.51. The van der Waals surface area contributed by atoms with Crippen LogP contribution in [0.4, 0.5) is 4.39 Å². The number of para-hydroxylation sites is 1. The van der Waals surface area contributed by atoms with Crippen molar-refractivity contribution in [1.82, 2.24) is 24.9 Å². The normalized spacial score (nSPS) is 21.1. The van der Waals surface area contributed by atoms with Crippen molar-refractivity contribution in [3.8, 4) is 5.69 Å². The summed E-state index contributed by atoms with van der Waals surface area (Å²) in [6, 6.07) is 6.11. The smallest absolute Gasteiger partial charge is 0.326 e. The van der Waals surface area contributed by atoms with Crippen molar-refractivity contribution in [2.24, 2.45) is 0 Å². The third-order valence-corrected chi connectivity index (χ3v) is 9.28. The van der Waals surface area contributed by atoms with Gasteiger partial charge >= 0.3 is 5.97 Å². The van der Waals surface area contributed by atoms with Crippen LogP contribution < -0.4 is 0 Å². The Morgan fingerprint density at radius 2 is 1.97 bits per heavy atom. The molecule has 1 N–H and O–H groups in total. The molecule has 1 aromatic carbocycles. The molecule has 1 saturated carbocycles. The predicted octanol–water partition coefficient (Wildman–Crippen LogP) is 1.97. The standard InChI is InChI=1S/C22H19FIN5O5S/c23-15-9-13(24)11-25-19(15)22(5-6-22)21(32)28-12-14(10-17(28)20(30)31)35(33,34)18-4-2-1-3-16(18)29-8-7-26-27-29/h1-4,7-9,11,14,17H,5-6,10,12H2,(H,30,31)/t14-,17+/m1/s1. The molecule has 1 aliphatic heterocycles. The number of aliphatic carboxylic acids is 1. The number of halogens is 2. The van der Waals surface area contributed by atoms with E-state index in [1.807, 2.05) is 22.6 Å². The van der Waals surface area contributed by atoms with Gasteiger partial charge in [-0.15, -0.1) is 5.10 Å². The summed E-state index contributed by atoms with van der Waals surface area (Å²) < 4.78 is 43.9. The van der Waals surface area contributed by atoms with Crippen LogP contribution in [0, 0.1) is 9.39 Å². The molecule has 35 heavy (non-hydrogen) atoms. The lowest BCUT2D eigenvalue weighted by molar-refractivity contribution is -0.149. The molecule has 0 spiro atoms. The number of hydrogen-bond donors (Lipinski definition) is 1. The molecule has 1 amide bonds. The van der Waals surface area contributed by atoms with Crippen LogP contribution in [0.25, 0.3) is 5.69 Å². The highest BCUT2D eigenvalue weighted by molar-refractivity contribution is 14.1. The highest BCUT2D eigenvalue weighted by Gasteiger charge is 2.59. The van der Waals surface area contributed by atoms with Crippen LogP contribution in [0.1, 0.15) is 25.0 Å². The van der Waals surface area contributed by atoms with Gasteiger partial charge in [0.15, 0.2) is 9.84 Å². The Bertz CT molecular complexity index is 1430. The van der Waals surface area contributed by atoms with Crippen LogP contribution in [0.5, 0.6) is 0 Å². The fraction of sp³-hybridized carbons (Fsp3) is 0.318. The van der Waals surface area contributed by atoms with Crippen molar-refractivity contribution in [2.75, 3.05) is 6.54 Å². The van der Waals surface area contributed by atoms with Gasteiger partial charge in [-0.3, -0.25) is 9.78 Å². The number of carboxylic acids is 1. The Hall–Kier alpha value is -2.94. The van der Waals surface area contributed by atoms with Crippen LogP contribution >= 0.6 is 22.6 Å². The maximum atomic E-state index is 14.7. The SMILES string of the molecule is O=C(O)[C@@H]1C[C@@H](S(=O)(=O)c2ccccc2-n2ccnn2)CN1C(=O)C1(c2ncc(I)cc2F)CC1. The fourth-order valence-corrected chi connectivity index (χ4v) is 6.89. The molecule has 2 atom stereocenters. The quantitative estimate of drug-likeness (QED) is 0.419. The van der Waals surface area contributed by atoms with E-state index >= 15 is 0 Å². The number of nitrogens with zero attached hydrogens (tertiary/aromatic N) is 5. The first-order valence-electron chi connectivity index (χ1n) is 10.7. The molecule has 1 aliphatic carbocycles. The average Bonchev–Trinajstić information content (AvgIpc) is 3.23. The van der Waals surface area contributed by atoms with Gasteiger partial charge < -0.3 is 10.0 Å². The van der Waals surface area contributed by atoms with E-state index in [1.54, 1.807) is 18.2 Å². The maximum Gasteiger partial charge on any atom is 0.326 e. The van der Waals surface area contributed by atoms with Crippen LogP contribution in [0.3, 0.4) is 0 Å². The molecule has 0 radical (unpaired) electrons. The molecule has 0 bridgehead atoms. The van der Waals surface area contributed by atoms with Crippen molar-refractivity contribution >= 4 is 44.3 Å². The Kier molecular flexibility index (Phi) is 5.86. The Balaban J connectivity index is 1.49. The zero-order valence-corrected chi connectivity index (χ0v) is 21.1. The van der Waals surface area contributed by atoms with E-state index in [1.165, 1.54) is 35.4 Å². The number of carbonyl (C=O) groups is 2. The van der Waals surface area contributed by atoms with E-state index in [9.17, 15) is 27.5 Å². The fourth-order valence-electron chi connectivity index (χ4n) is 4.60. The maximum absolute atomic E-state index is 14.7. The minimum absolute atomic E-state index is 0.0325. The van der Waals surface area contributed by atoms with Gasteiger partial charge in [0.1, 0.15) is 11.9 Å². The van der Waals surface area contributed by atoms with Crippen LogP contribution in [-0.2, 0) is 24.8 Å². The topological polar surface area (TPSA) is 135 Å². The van der Waals surface area contributed by atoms with Crippen molar-refractivity contribution in [3.63, 3.8) is 0 Å². The minimum Gasteiger partial charge on any atom is -0.480 e. The monoisotopic (exact) mass is 611 g/mol. The number of pyridine rings is 1. The molecule has 2 aromatic heterocycles. The van der Waals surface area contributed by atoms with Gasteiger partial charge in [0.25, 0.3) is 0 Å². The molecule has 5 rings (SSSR count). The van der Waals surface area contributed by atoms with Crippen molar-refractivity contribution in [3.05, 3.63) is 64.0 Å². The second-order valence-corrected chi connectivity index (χ2v) is 12.0. The first-order chi connectivity index (χ1) is 16.6. The van der Waals surface area contributed by atoms with Gasteiger partial charge in [-0.2, -0.15) is 0 Å². The number of rotatable bonds is 6. The molecule has 1 saturated heterocycles. The van der Waals surface area contributed by atoms with Gasteiger partial charge in [0.2, 0.25) is 5.91 Å². The first-order valence-corrected chi connectivity index (χ1v) is 13.3. The molecular weight excluding hydrogens is 592 g/mol. The van der Waals surface area contributed by atoms with E-state index in [4.69, 9.17) is 0 Å². The lowest BCUT2D eigenvalue weighted by Crippen LogP contribution is -2.46. The third kappa shape index (κ3) is 3.99. The number of amides is 1. The van der Waals surface area contributed by atoms with E-state index in [2.05, 4.69) is 15.3 Å². The van der Waals surface area contributed by atoms with Crippen molar-refractivity contribution < 1.29 is 27.5 Å². The molecule has 2 aliphatic rings. The zero-order chi connectivity index (χ0) is 25.0. The number of sulfone groups is 1. The van der Waals surface area contributed by atoms with Crippen LogP contribution in [-0.4, -0.2) is 68.1 Å². The van der Waals surface area contributed by atoms with Gasteiger partial charge in [0.05, 0.1) is 39.3 Å². The summed E-state index contributed by atoms with van der Waals surface area (Å²) in [6.45, 7) is -0.322. The van der Waals surface area contributed by atoms with E-state index in [-0.39, 0.29) is 29.2 Å². The molecule has 3 aromatic rings. The van der Waals surface area contributed by atoms with Gasteiger partial charge in [-0.05, 0) is 60.1 Å². The number of aromatic nitrogens is 4. The minimum atomic E-state index is -4.07. The molecule has 182 valence electrons. The zero-order valence-electron chi connectivity index (χ0n) is 18.1. The first kappa shape index (κ1) is 23.8. The molecule has 2 fully saturated rings. The molecule has 10 nitrogen and oxygen atoms in total. The molecule has 13 heteroatoms. The number of likely N-dealkylation sites (tertiary alicyclic amines) is 1. The number of benzene rings is 1. The second-order valence-electron chi connectivity index (χ2n) is 8.60. The van der Waals surface area contributed by atoms with Crippen molar-refractivity contribution in [1.29, 1.82) is 0 Å². The van der Waals surface area contributed by atoms with Crippen molar-refractivity contribution in [2.45, 2.75) is 40.9 Å². The lowest BCUT2D eigenvalue weighted by Gasteiger charge is -2.26. The largest absolute Gasteiger partial charge is 0.480 e. The van der Waals surface area contributed by atoms with Gasteiger partial charge in [-0.25, -0.2) is 22.3 Å². The second kappa shape index (κ2) is 8.62. The summed E-state index contributed by atoms with van der Waals surface area (Å²) in [6.07, 6.45) is 4.69. The van der Waals surface area contributed by atoms with Gasteiger partial charge in [-0.1, -0.05) is 17.3 Å². The summed E-state index contributed by atoms with van der Waals surface area (Å²) >= 11 is 1.91. The molecule has 0 unspecified atom stereocenters. The lowest BCUT2D eigenvalue weighted by atomic mass is 9.98. The highest BCUT2D eigenvalue weighted by atomic mass is 127. The van der Waals surface area contributed by atoms with Gasteiger partial charge in [0, 0.05) is 16.3 Å². The molecular formula is C22H19FIN5O5S. The predicted molar refractivity (Wildman–Crippen MR) is 128 cm³/mol. The number of hydrogen-bond acceptors (Lipinski definition) is 7. The van der Waals surface area contributed by atoms with Crippen LogP contribution in [0.2, 0.25) is 0 Å². The average molecular weight is 611 g/mol. The Morgan fingerprint density at radius 1 is 1.23 bits per heavy atom. The summed E-state index contributed by atoms with van der Waals surface area (Å²) in [5, 5.41) is 16.3. The van der Waals surface area contributed by atoms with E-state index in [0.29, 0.717) is 16.4 Å². The number of carbonyl (C=O) groups excluding carboxylic acids is 1. The Morgan fingerprint density at radius 3 is 2.60 bits per heavy atom. The van der Waals surface area contributed by atoms with Crippen LogP contribution in [0.15, 0.2) is 53.8 Å².